The van der Waals surface area contributed by atoms with E-state index in [-0.39, 0.29) is 0 Å². The number of nitrogens with one attached hydrogen (secondary N) is 2. The Kier molecular flexibility index (Phi) is 3.76. The van der Waals surface area contributed by atoms with Crippen LogP contribution in [0.2, 0.25) is 0 Å². The van der Waals surface area contributed by atoms with Crippen molar-refractivity contribution < 1.29 is 9.90 Å². The Balaban J connectivity index is 2.14. The number of rotatable bonds is 3. The van der Waals surface area contributed by atoms with Crippen LogP contribution in [0.3, 0.4) is 0 Å². The number of hydrogen-bond acceptors (Lipinski definition) is 3. The number of benzene rings is 1. The Morgan fingerprint density at radius 3 is 2.94 bits per heavy atom. The third-order valence-electron chi connectivity index (χ3n) is 3.34. The highest BCUT2D eigenvalue weighted by molar-refractivity contribution is 5.87. The second kappa shape index (κ2) is 5.29. The van der Waals surface area contributed by atoms with Gasteiger partial charge in [0.25, 0.3) is 0 Å². The Morgan fingerprint density at radius 2 is 2.29 bits per heavy atom. The van der Waals surface area contributed by atoms with E-state index in [4.69, 9.17) is 5.11 Å². The average Bonchev–Trinajstić information content (AvgIpc) is 2.39. The summed E-state index contributed by atoms with van der Waals surface area (Å²) in [4.78, 5) is 10.9. The summed E-state index contributed by atoms with van der Waals surface area (Å²) in [7, 11) is 0. The first-order valence-corrected chi connectivity index (χ1v) is 5.96. The summed E-state index contributed by atoms with van der Waals surface area (Å²) >= 11 is 0. The average molecular weight is 234 g/mol. The third kappa shape index (κ3) is 2.84. The highest BCUT2D eigenvalue weighted by Gasteiger charge is 2.21. The van der Waals surface area contributed by atoms with Gasteiger partial charge in [-0.15, -0.1) is 0 Å². The molecule has 3 N–H and O–H groups in total. The summed E-state index contributed by atoms with van der Waals surface area (Å²) < 4.78 is 0. The van der Waals surface area contributed by atoms with Gasteiger partial charge in [0.05, 0.1) is 5.56 Å². The van der Waals surface area contributed by atoms with Gasteiger partial charge in [-0.2, -0.15) is 0 Å². The fourth-order valence-electron chi connectivity index (χ4n) is 2.22. The predicted molar refractivity (Wildman–Crippen MR) is 66.5 cm³/mol. The van der Waals surface area contributed by atoms with E-state index in [1.807, 2.05) is 12.1 Å². The standard InChI is InChI=1S/C13H18N2O2/c1-9(12-8-14-5-6-15-12)10-3-2-4-11(7-10)13(16)17/h2-4,7,9,12,14-15H,5-6,8H2,1H3,(H,16,17)/t9-,12?/m0/s1. The van der Waals surface area contributed by atoms with Crippen LogP contribution in [0.1, 0.15) is 28.8 Å². The van der Waals surface area contributed by atoms with E-state index in [2.05, 4.69) is 17.6 Å². The molecule has 1 saturated heterocycles. The van der Waals surface area contributed by atoms with Crippen LogP contribution >= 0.6 is 0 Å². The number of carboxylic acids is 1. The fraction of sp³-hybridized carbons (Fsp3) is 0.462. The van der Waals surface area contributed by atoms with Crippen molar-refractivity contribution in [3.63, 3.8) is 0 Å². The molecule has 2 rings (SSSR count). The van der Waals surface area contributed by atoms with Crippen LogP contribution in [-0.4, -0.2) is 36.8 Å². The molecule has 0 aromatic heterocycles. The zero-order chi connectivity index (χ0) is 12.3. The lowest BCUT2D eigenvalue weighted by molar-refractivity contribution is 0.0696. The Morgan fingerprint density at radius 1 is 1.47 bits per heavy atom. The third-order valence-corrected chi connectivity index (χ3v) is 3.34. The smallest absolute Gasteiger partial charge is 0.335 e. The molecule has 1 heterocycles. The number of aromatic carboxylic acids is 1. The number of carboxylic acid groups (broad SMARTS) is 1. The molecule has 1 aromatic carbocycles. The van der Waals surface area contributed by atoms with Gasteiger partial charge in [0.2, 0.25) is 0 Å². The molecular weight excluding hydrogens is 216 g/mol. The second-order valence-electron chi connectivity index (χ2n) is 4.48. The van der Waals surface area contributed by atoms with Gasteiger partial charge in [0, 0.05) is 25.7 Å². The molecule has 92 valence electrons. The van der Waals surface area contributed by atoms with E-state index in [0.29, 0.717) is 17.5 Å². The zero-order valence-corrected chi connectivity index (χ0v) is 9.94. The van der Waals surface area contributed by atoms with Crippen molar-refractivity contribution in [1.29, 1.82) is 0 Å². The Labute approximate surface area is 101 Å². The Bertz CT molecular complexity index is 400. The minimum absolute atomic E-state index is 0.307. The van der Waals surface area contributed by atoms with Crippen LogP contribution in [0.15, 0.2) is 24.3 Å². The van der Waals surface area contributed by atoms with E-state index in [9.17, 15) is 4.79 Å². The van der Waals surface area contributed by atoms with Crippen LogP contribution in [0.25, 0.3) is 0 Å². The fourth-order valence-corrected chi connectivity index (χ4v) is 2.22. The van der Waals surface area contributed by atoms with Gasteiger partial charge in [-0.05, 0) is 23.6 Å². The van der Waals surface area contributed by atoms with Gasteiger partial charge in [0.15, 0.2) is 0 Å². The van der Waals surface area contributed by atoms with E-state index in [0.717, 1.165) is 25.2 Å². The monoisotopic (exact) mass is 234 g/mol. The van der Waals surface area contributed by atoms with E-state index in [1.165, 1.54) is 0 Å². The first kappa shape index (κ1) is 12.1. The summed E-state index contributed by atoms with van der Waals surface area (Å²) in [6.45, 7) is 5.02. The molecule has 0 saturated carbocycles. The molecule has 0 bridgehead atoms. The molecule has 0 amide bonds. The number of carbonyl (C=O) groups is 1. The second-order valence-corrected chi connectivity index (χ2v) is 4.48. The summed E-state index contributed by atoms with van der Waals surface area (Å²) in [6, 6.07) is 7.57. The highest BCUT2D eigenvalue weighted by atomic mass is 16.4. The minimum atomic E-state index is -0.867. The van der Waals surface area contributed by atoms with Crippen molar-refractivity contribution in [1.82, 2.24) is 10.6 Å². The summed E-state index contributed by atoms with van der Waals surface area (Å²) in [5.74, 6) is -0.559. The number of piperazine rings is 1. The quantitative estimate of drug-likeness (QED) is 0.731. The first-order chi connectivity index (χ1) is 8.18. The molecule has 0 radical (unpaired) electrons. The normalized spacial score (nSPS) is 22.1. The lowest BCUT2D eigenvalue weighted by Crippen LogP contribution is -2.50. The van der Waals surface area contributed by atoms with Gasteiger partial charge in [-0.25, -0.2) is 4.79 Å². The number of hydrogen-bond donors (Lipinski definition) is 3. The largest absolute Gasteiger partial charge is 0.478 e. The van der Waals surface area contributed by atoms with E-state index < -0.39 is 5.97 Å². The Hall–Kier alpha value is -1.39. The van der Waals surface area contributed by atoms with Crippen LogP contribution in [0, 0.1) is 0 Å². The van der Waals surface area contributed by atoms with Crippen molar-refractivity contribution in [2.45, 2.75) is 18.9 Å². The summed E-state index contributed by atoms with van der Waals surface area (Å²) in [5.41, 5.74) is 1.43. The van der Waals surface area contributed by atoms with Crippen molar-refractivity contribution in [2.24, 2.45) is 0 Å². The SMILES string of the molecule is C[C@@H](c1cccc(C(=O)O)c1)C1CNCCN1. The maximum atomic E-state index is 10.9. The molecule has 1 aliphatic rings. The van der Waals surface area contributed by atoms with Gasteiger partial charge in [0.1, 0.15) is 0 Å². The maximum absolute atomic E-state index is 10.9. The molecule has 1 unspecified atom stereocenters. The van der Waals surface area contributed by atoms with Crippen LogP contribution < -0.4 is 10.6 Å². The van der Waals surface area contributed by atoms with Gasteiger partial charge in [-0.3, -0.25) is 0 Å². The van der Waals surface area contributed by atoms with Crippen molar-refractivity contribution in [3.8, 4) is 0 Å². The molecule has 0 spiro atoms. The maximum Gasteiger partial charge on any atom is 0.335 e. The molecule has 2 atom stereocenters. The molecule has 1 fully saturated rings. The molecule has 4 nitrogen and oxygen atoms in total. The summed E-state index contributed by atoms with van der Waals surface area (Å²) in [5, 5.41) is 15.8. The van der Waals surface area contributed by atoms with Crippen LogP contribution in [0.5, 0.6) is 0 Å². The van der Waals surface area contributed by atoms with Gasteiger partial charge >= 0.3 is 5.97 Å². The topological polar surface area (TPSA) is 61.4 Å². The van der Waals surface area contributed by atoms with E-state index in [1.54, 1.807) is 12.1 Å². The molecule has 0 aliphatic carbocycles. The van der Waals surface area contributed by atoms with Crippen LogP contribution in [0.4, 0.5) is 0 Å². The van der Waals surface area contributed by atoms with Crippen molar-refractivity contribution >= 4 is 5.97 Å². The molecular formula is C13H18N2O2. The molecule has 1 aliphatic heterocycles. The minimum Gasteiger partial charge on any atom is -0.478 e. The predicted octanol–water partition coefficient (Wildman–Crippen LogP) is 1.05. The van der Waals surface area contributed by atoms with Crippen molar-refractivity contribution in [2.75, 3.05) is 19.6 Å². The van der Waals surface area contributed by atoms with Gasteiger partial charge < -0.3 is 15.7 Å². The first-order valence-electron chi connectivity index (χ1n) is 5.96. The van der Waals surface area contributed by atoms with Crippen LogP contribution in [-0.2, 0) is 0 Å². The summed E-state index contributed by atoms with van der Waals surface area (Å²) in [6.07, 6.45) is 0. The molecule has 17 heavy (non-hydrogen) atoms. The highest BCUT2D eigenvalue weighted by Crippen LogP contribution is 2.20. The molecule has 1 aromatic rings. The van der Waals surface area contributed by atoms with Gasteiger partial charge in [-0.1, -0.05) is 19.1 Å². The van der Waals surface area contributed by atoms with E-state index >= 15 is 0 Å². The lowest BCUT2D eigenvalue weighted by atomic mass is 9.91. The lowest BCUT2D eigenvalue weighted by Gasteiger charge is -2.30. The molecule has 4 heteroatoms. The zero-order valence-electron chi connectivity index (χ0n) is 9.94. The van der Waals surface area contributed by atoms with Crippen molar-refractivity contribution in [3.05, 3.63) is 35.4 Å².